The Balaban J connectivity index is 1.47. The maximum Gasteiger partial charge on any atom is 0.123 e. The number of nitriles is 1. The molecule has 2 aromatic rings. The van der Waals surface area contributed by atoms with Crippen LogP contribution in [0.5, 0.6) is 0 Å². The summed E-state index contributed by atoms with van der Waals surface area (Å²) in [7, 11) is 0. The molecular formula is C22H24ClFN2O. The highest BCUT2D eigenvalue weighted by Crippen LogP contribution is 2.33. The topological polar surface area (TPSA) is 47.3 Å². The molecule has 0 spiro atoms. The van der Waals surface area contributed by atoms with Crippen LogP contribution in [0.3, 0.4) is 0 Å². The molecule has 1 atom stereocenters. The Morgan fingerprint density at radius 3 is 2.33 bits per heavy atom. The highest BCUT2D eigenvalue weighted by atomic mass is 35.5. The fourth-order valence-corrected chi connectivity index (χ4v) is 3.84. The van der Waals surface area contributed by atoms with Crippen LogP contribution in [0.2, 0.25) is 5.02 Å². The molecule has 0 aromatic heterocycles. The van der Waals surface area contributed by atoms with Gasteiger partial charge in [-0.2, -0.15) is 5.26 Å². The summed E-state index contributed by atoms with van der Waals surface area (Å²) in [6.45, 7) is 2.55. The molecule has 1 aliphatic rings. The molecule has 3 nitrogen and oxygen atoms in total. The van der Waals surface area contributed by atoms with Crippen LogP contribution in [0.15, 0.2) is 48.5 Å². The Hall–Kier alpha value is -1.93. The number of piperidine rings is 1. The molecule has 1 heterocycles. The summed E-state index contributed by atoms with van der Waals surface area (Å²) in [5.74, 6) is -0.488. The van der Waals surface area contributed by atoms with Gasteiger partial charge in [-0.05, 0) is 67.6 Å². The van der Waals surface area contributed by atoms with E-state index in [1.54, 1.807) is 12.1 Å². The monoisotopic (exact) mass is 386 g/mol. The molecule has 1 unspecified atom stereocenters. The maximum atomic E-state index is 13.0. The molecule has 1 fully saturated rings. The molecule has 1 saturated heterocycles. The number of nitrogens with zero attached hydrogens (tertiary/aromatic N) is 2. The lowest BCUT2D eigenvalue weighted by atomic mass is 9.84. The molecule has 0 bridgehead atoms. The second kappa shape index (κ2) is 8.84. The van der Waals surface area contributed by atoms with E-state index in [0.717, 1.165) is 43.6 Å². The molecule has 0 radical (unpaired) electrons. The zero-order chi connectivity index (χ0) is 19.3. The van der Waals surface area contributed by atoms with Gasteiger partial charge in [-0.3, -0.25) is 0 Å². The lowest BCUT2D eigenvalue weighted by Gasteiger charge is -2.38. The Morgan fingerprint density at radius 1 is 1.11 bits per heavy atom. The Bertz CT molecular complexity index is 777. The van der Waals surface area contributed by atoms with Gasteiger partial charge >= 0.3 is 0 Å². The number of benzene rings is 2. The van der Waals surface area contributed by atoms with Crippen molar-refractivity contribution in [3.8, 4) is 6.07 Å². The lowest BCUT2D eigenvalue weighted by molar-refractivity contribution is -0.0261. The first kappa shape index (κ1) is 19.8. The Labute approximate surface area is 165 Å². The van der Waals surface area contributed by atoms with Crippen LogP contribution in [0.25, 0.3) is 0 Å². The molecule has 0 saturated carbocycles. The summed E-state index contributed by atoms with van der Waals surface area (Å²) in [5, 5.41) is 21.0. The SMILES string of the molecule is N#CC(CCCN1CCC(O)(c2ccc(Cl)cc2)CC1)c1ccc(F)cc1. The highest BCUT2D eigenvalue weighted by Gasteiger charge is 2.33. The standard InChI is InChI=1S/C22H24ClFN2O/c23-20-7-5-19(6-8-20)22(27)11-14-26(15-12-22)13-1-2-18(16-25)17-3-9-21(24)10-4-17/h3-10,18,27H,1-2,11-15H2. The average molecular weight is 387 g/mol. The molecule has 5 heteroatoms. The van der Waals surface area contributed by atoms with Crippen LogP contribution >= 0.6 is 11.6 Å². The van der Waals surface area contributed by atoms with Crippen molar-refractivity contribution in [2.75, 3.05) is 19.6 Å². The first-order valence-corrected chi connectivity index (χ1v) is 9.74. The Kier molecular flexibility index (Phi) is 6.49. The highest BCUT2D eigenvalue weighted by molar-refractivity contribution is 6.30. The number of halogens is 2. The normalized spacial score (nSPS) is 18.0. The largest absolute Gasteiger partial charge is 0.385 e. The van der Waals surface area contributed by atoms with Gasteiger partial charge in [0.1, 0.15) is 5.82 Å². The molecule has 2 aromatic carbocycles. The maximum absolute atomic E-state index is 13.0. The van der Waals surface area contributed by atoms with Gasteiger partial charge in [-0.25, -0.2) is 4.39 Å². The zero-order valence-corrected chi connectivity index (χ0v) is 16.0. The molecule has 0 aliphatic carbocycles. The summed E-state index contributed by atoms with van der Waals surface area (Å²) in [6, 6.07) is 16.0. The molecule has 3 rings (SSSR count). The van der Waals surface area contributed by atoms with Gasteiger partial charge in [-0.1, -0.05) is 35.9 Å². The summed E-state index contributed by atoms with van der Waals surface area (Å²) in [6.07, 6.45) is 3.03. The third-order valence-corrected chi connectivity index (χ3v) is 5.71. The quantitative estimate of drug-likeness (QED) is 0.771. The average Bonchev–Trinajstić information content (AvgIpc) is 2.68. The van der Waals surface area contributed by atoms with Gasteiger partial charge in [0.25, 0.3) is 0 Å². The van der Waals surface area contributed by atoms with Crippen LogP contribution in [-0.2, 0) is 5.60 Å². The molecule has 1 aliphatic heterocycles. The van der Waals surface area contributed by atoms with Crippen molar-refractivity contribution in [3.63, 3.8) is 0 Å². The van der Waals surface area contributed by atoms with Crippen molar-refractivity contribution in [1.82, 2.24) is 4.90 Å². The summed E-state index contributed by atoms with van der Waals surface area (Å²) < 4.78 is 13.0. The third kappa shape index (κ3) is 5.07. The van der Waals surface area contributed by atoms with E-state index in [-0.39, 0.29) is 11.7 Å². The van der Waals surface area contributed by atoms with Gasteiger partial charge in [0.05, 0.1) is 17.6 Å². The van der Waals surface area contributed by atoms with Crippen LogP contribution in [0.4, 0.5) is 4.39 Å². The first-order chi connectivity index (χ1) is 13.0. The summed E-state index contributed by atoms with van der Waals surface area (Å²) in [5.41, 5.74) is 1.01. The van der Waals surface area contributed by atoms with E-state index in [2.05, 4.69) is 11.0 Å². The van der Waals surface area contributed by atoms with Gasteiger partial charge in [0.2, 0.25) is 0 Å². The van der Waals surface area contributed by atoms with Crippen molar-refractivity contribution < 1.29 is 9.50 Å². The van der Waals surface area contributed by atoms with Crippen LogP contribution < -0.4 is 0 Å². The number of aliphatic hydroxyl groups is 1. The fourth-order valence-electron chi connectivity index (χ4n) is 3.72. The number of likely N-dealkylation sites (tertiary alicyclic amines) is 1. The van der Waals surface area contributed by atoms with Gasteiger partial charge in [-0.15, -0.1) is 0 Å². The minimum Gasteiger partial charge on any atom is -0.385 e. The van der Waals surface area contributed by atoms with Gasteiger partial charge in [0, 0.05) is 18.1 Å². The predicted molar refractivity (Wildman–Crippen MR) is 105 cm³/mol. The van der Waals surface area contributed by atoms with Crippen LogP contribution in [0.1, 0.15) is 42.7 Å². The van der Waals surface area contributed by atoms with E-state index in [9.17, 15) is 14.8 Å². The van der Waals surface area contributed by atoms with Gasteiger partial charge in [0.15, 0.2) is 0 Å². The van der Waals surface area contributed by atoms with Crippen LogP contribution in [0, 0.1) is 17.1 Å². The van der Waals surface area contributed by atoms with E-state index < -0.39 is 5.60 Å². The van der Waals surface area contributed by atoms with E-state index in [0.29, 0.717) is 17.9 Å². The first-order valence-electron chi connectivity index (χ1n) is 9.36. The van der Waals surface area contributed by atoms with Crippen molar-refractivity contribution in [2.45, 2.75) is 37.2 Å². The minimum absolute atomic E-state index is 0.207. The van der Waals surface area contributed by atoms with Crippen molar-refractivity contribution in [1.29, 1.82) is 5.26 Å². The molecule has 27 heavy (non-hydrogen) atoms. The van der Waals surface area contributed by atoms with Gasteiger partial charge < -0.3 is 10.0 Å². The van der Waals surface area contributed by atoms with Crippen molar-refractivity contribution in [2.24, 2.45) is 0 Å². The Morgan fingerprint density at radius 2 is 1.74 bits per heavy atom. The summed E-state index contributed by atoms with van der Waals surface area (Å²) >= 11 is 5.93. The second-order valence-electron chi connectivity index (χ2n) is 7.26. The number of rotatable bonds is 6. The smallest absolute Gasteiger partial charge is 0.123 e. The lowest BCUT2D eigenvalue weighted by Crippen LogP contribution is -2.42. The predicted octanol–water partition coefficient (Wildman–Crippen LogP) is 4.85. The molecular weight excluding hydrogens is 363 g/mol. The summed E-state index contributed by atoms with van der Waals surface area (Å²) in [4.78, 5) is 2.34. The van der Waals surface area contributed by atoms with E-state index in [1.807, 2.05) is 24.3 Å². The van der Waals surface area contributed by atoms with E-state index in [1.165, 1.54) is 12.1 Å². The van der Waals surface area contributed by atoms with Crippen molar-refractivity contribution >= 4 is 11.6 Å². The van der Waals surface area contributed by atoms with E-state index >= 15 is 0 Å². The number of hydrogen-bond acceptors (Lipinski definition) is 3. The zero-order valence-electron chi connectivity index (χ0n) is 15.2. The minimum atomic E-state index is -0.787. The third-order valence-electron chi connectivity index (χ3n) is 5.46. The van der Waals surface area contributed by atoms with Crippen molar-refractivity contribution in [3.05, 3.63) is 70.5 Å². The van der Waals surface area contributed by atoms with Crippen LogP contribution in [-0.4, -0.2) is 29.6 Å². The van der Waals surface area contributed by atoms with E-state index in [4.69, 9.17) is 11.6 Å². The second-order valence-corrected chi connectivity index (χ2v) is 7.69. The molecule has 1 N–H and O–H groups in total. The molecule has 142 valence electrons. The fraction of sp³-hybridized carbons (Fsp3) is 0.409. The molecule has 0 amide bonds. The number of hydrogen-bond donors (Lipinski definition) is 1.